The fraction of sp³-hybridized carbons (Fsp3) is 0.778. The molecule has 4 rings (SSSR count). The average molecular weight is 331 g/mol. The zero-order valence-electron chi connectivity index (χ0n) is 14.7. The van der Waals surface area contributed by atoms with E-state index in [9.17, 15) is 0 Å². The van der Waals surface area contributed by atoms with Gasteiger partial charge < -0.3 is 20.3 Å². The number of nitrogens with two attached hydrogens (primary N) is 1. The van der Waals surface area contributed by atoms with Crippen LogP contribution in [0.2, 0.25) is 0 Å². The van der Waals surface area contributed by atoms with Crippen molar-refractivity contribution in [1.29, 1.82) is 0 Å². The Kier molecular flexibility index (Phi) is 4.59. The third kappa shape index (κ3) is 3.22. The van der Waals surface area contributed by atoms with E-state index in [1.54, 1.807) is 0 Å². The number of hydrogen-bond donors (Lipinski definition) is 1. The van der Waals surface area contributed by atoms with Gasteiger partial charge in [0.1, 0.15) is 5.82 Å². The van der Waals surface area contributed by atoms with Crippen molar-refractivity contribution in [3.8, 4) is 0 Å². The molecular weight excluding hydrogens is 302 g/mol. The van der Waals surface area contributed by atoms with E-state index in [4.69, 9.17) is 10.5 Å². The van der Waals surface area contributed by atoms with Crippen LogP contribution in [0.1, 0.15) is 43.4 Å². The predicted octanol–water partition coefficient (Wildman–Crippen LogP) is 1.83. The van der Waals surface area contributed by atoms with Crippen molar-refractivity contribution in [2.45, 2.75) is 51.2 Å². The number of nitrogens with zero attached hydrogens (tertiary/aromatic N) is 4. The first-order chi connectivity index (χ1) is 11.7. The number of hydrogen-bond acceptors (Lipinski definition) is 6. The molecule has 1 saturated carbocycles. The van der Waals surface area contributed by atoms with Gasteiger partial charge in [-0.1, -0.05) is 19.3 Å². The highest BCUT2D eigenvalue weighted by Gasteiger charge is 2.32. The summed E-state index contributed by atoms with van der Waals surface area (Å²) in [6.45, 7) is 4.74. The summed E-state index contributed by atoms with van der Waals surface area (Å²) in [5, 5.41) is 0. The molecule has 1 atom stereocenters. The van der Waals surface area contributed by atoms with E-state index in [-0.39, 0.29) is 0 Å². The Morgan fingerprint density at radius 1 is 1.04 bits per heavy atom. The molecule has 0 bridgehead atoms. The minimum absolute atomic E-state index is 0.312. The van der Waals surface area contributed by atoms with Gasteiger partial charge >= 0.3 is 0 Å². The maximum Gasteiger partial charge on any atom is 0.222 e. The Morgan fingerprint density at radius 2 is 1.79 bits per heavy atom. The molecule has 2 N–H and O–H groups in total. The van der Waals surface area contributed by atoms with Gasteiger partial charge in [-0.15, -0.1) is 0 Å². The minimum Gasteiger partial charge on any atom is -0.373 e. The normalized spacial score (nSPS) is 26.4. The van der Waals surface area contributed by atoms with Crippen LogP contribution in [-0.2, 0) is 17.8 Å². The molecular formula is C18H29N5O. The van der Waals surface area contributed by atoms with E-state index < -0.39 is 0 Å². The summed E-state index contributed by atoms with van der Waals surface area (Å²) >= 11 is 0. The lowest BCUT2D eigenvalue weighted by atomic mass is 9.82. The van der Waals surface area contributed by atoms with Gasteiger partial charge in [0.25, 0.3) is 0 Å². The maximum atomic E-state index is 6.28. The van der Waals surface area contributed by atoms with Gasteiger partial charge in [0.05, 0.1) is 18.4 Å². The fourth-order valence-corrected chi connectivity index (χ4v) is 4.38. The minimum atomic E-state index is 0.312. The van der Waals surface area contributed by atoms with Gasteiger partial charge in [-0.2, -0.15) is 4.98 Å². The molecule has 6 heteroatoms. The number of ether oxygens (including phenoxy) is 1. The first-order valence-electron chi connectivity index (χ1n) is 9.41. The van der Waals surface area contributed by atoms with Crippen LogP contribution in [0.3, 0.4) is 0 Å². The molecule has 2 fully saturated rings. The number of likely N-dealkylation sites (N-methyl/N-ethyl adjacent to an activating group) is 1. The molecule has 2 aliphatic heterocycles. The van der Waals surface area contributed by atoms with Gasteiger partial charge in [-0.05, 0) is 25.8 Å². The number of fused-ring (bicyclic) bond motifs is 1. The van der Waals surface area contributed by atoms with E-state index >= 15 is 0 Å². The molecule has 3 heterocycles. The zero-order valence-corrected chi connectivity index (χ0v) is 14.7. The summed E-state index contributed by atoms with van der Waals surface area (Å²) in [4.78, 5) is 13.8. The number of piperazine rings is 1. The molecule has 0 amide bonds. The molecule has 24 heavy (non-hydrogen) atoms. The SMILES string of the molecule is CN1CCN(c2nc(N)nc3c2COC(C2CCCCC2)C3)CC1. The Hall–Kier alpha value is -1.40. The van der Waals surface area contributed by atoms with Crippen molar-refractivity contribution in [2.75, 3.05) is 43.9 Å². The number of anilines is 2. The zero-order chi connectivity index (χ0) is 16.5. The monoisotopic (exact) mass is 331 g/mol. The van der Waals surface area contributed by atoms with Crippen LogP contribution in [-0.4, -0.2) is 54.2 Å². The van der Waals surface area contributed by atoms with Crippen LogP contribution >= 0.6 is 0 Å². The number of aromatic nitrogens is 2. The third-order valence-electron chi connectivity index (χ3n) is 5.90. The predicted molar refractivity (Wildman–Crippen MR) is 95.0 cm³/mol. The fourth-order valence-electron chi connectivity index (χ4n) is 4.38. The molecule has 1 unspecified atom stereocenters. The van der Waals surface area contributed by atoms with E-state index in [1.165, 1.54) is 37.7 Å². The second-order valence-electron chi connectivity index (χ2n) is 7.57. The van der Waals surface area contributed by atoms with E-state index in [1.807, 2.05) is 0 Å². The number of nitrogen functional groups attached to an aromatic ring is 1. The number of rotatable bonds is 2. The third-order valence-corrected chi connectivity index (χ3v) is 5.90. The first-order valence-corrected chi connectivity index (χ1v) is 9.41. The van der Waals surface area contributed by atoms with Gasteiger partial charge in [-0.3, -0.25) is 0 Å². The van der Waals surface area contributed by atoms with Crippen molar-refractivity contribution < 1.29 is 4.74 Å². The Bertz CT molecular complexity index is 579. The van der Waals surface area contributed by atoms with E-state index in [0.29, 0.717) is 24.6 Å². The first kappa shape index (κ1) is 16.1. The van der Waals surface area contributed by atoms with Gasteiger partial charge in [0, 0.05) is 38.2 Å². The highest BCUT2D eigenvalue weighted by Crippen LogP contribution is 2.35. The van der Waals surface area contributed by atoms with Crippen LogP contribution < -0.4 is 10.6 Å². The van der Waals surface area contributed by atoms with Gasteiger partial charge in [-0.25, -0.2) is 4.98 Å². The highest BCUT2D eigenvalue weighted by atomic mass is 16.5. The summed E-state index contributed by atoms with van der Waals surface area (Å²) in [5.74, 6) is 2.11. The van der Waals surface area contributed by atoms with Crippen LogP contribution in [0.25, 0.3) is 0 Å². The standard InChI is InChI=1S/C18H29N5O/c1-22-7-9-23(10-8-22)17-14-12-24-16(13-5-3-2-4-6-13)11-15(14)20-18(19)21-17/h13,16H,2-12H2,1H3,(H2,19,20,21). The second-order valence-corrected chi connectivity index (χ2v) is 7.57. The maximum absolute atomic E-state index is 6.28. The van der Waals surface area contributed by atoms with Crippen LogP contribution in [0.15, 0.2) is 0 Å². The topological polar surface area (TPSA) is 67.5 Å². The Morgan fingerprint density at radius 3 is 2.54 bits per heavy atom. The molecule has 6 nitrogen and oxygen atoms in total. The second kappa shape index (κ2) is 6.84. The molecule has 1 aliphatic carbocycles. The van der Waals surface area contributed by atoms with Crippen molar-refractivity contribution in [3.05, 3.63) is 11.3 Å². The summed E-state index contributed by atoms with van der Waals surface area (Å²) in [6, 6.07) is 0. The molecule has 1 aromatic heterocycles. The molecule has 1 aromatic rings. The van der Waals surface area contributed by atoms with Crippen molar-refractivity contribution in [3.63, 3.8) is 0 Å². The average Bonchev–Trinajstić information content (AvgIpc) is 2.62. The lowest BCUT2D eigenvalue weighted by Crippen LogP contribution is -2.45. The lowest BCUT2D eigenvalue weighted by Gasteiger charge is -2.37. The Labute approximate surface area is 144 Å². The quantitative estimate of drug-likeness (QED) is 0.892. The van der Waals surface area contributed by atoms with Crippen molar-refractivity contribution in [1.82, 2.24) is 14.9 Å². The summed E-state index contributed by atoms with van der Waals surface area (Å²) < 4.78 is 6.28. The molecule has 0 spiro atoms. The van der Waals surface area contributed by atoms with Crippen LogP contribution in [0.5, 0.6) is 0 Å². The smallest absolute Gasteiger partial charge is 0.222 e. The highest BCUT2D eigenvalue weighted by molar-refractivity contribution is 5.53. The molecule has 0 aromatic carbocycles. The van der Waals surface area contributed by atoms with Crippen molar-refractivity contribution in [2.24, 2.45) is 5.92 Å². The Balaban J connectivity index is 1.55. The lowest BCUT2D eigenvalue weighted by molar-refractivity contribution is -0.0212. The van der Waals surface area contributed by atoms with Gasteiger partial charge in [0.15, 0.2) is 0 Å². The molecule has 1 saturated heterocycles. The largest absolute Gasteiger partial charge is 0.373 e. The molecule has 3 aliphatic rings. The van der Waals surface area contributed by atoms with E-state index in [2.05, 4.69) is 26.8 Å². The van der Waals surface area contributed by atoms with Crippen LogP contribution in [0, 0.1) is 5.92 Å². The summed E-state index contributed by atoms with van der Waals surface area (Å²) in [6.07, 6.45) is 7.87. The summed E-state index contributed by atoms with van der Waals surface area (Å²) in [7, 11) is 2.17. The van der Waals surface area contributed by atoms with E-state index in [0.717, 1.165) is 44.1 Å². The van der Waals surface area contributed by atoms with Crippen molar-refractivity contribution >= 4 is 11.8 Å². The molecule has 132 valence electrons. The van der Waals surface area contributed by atoms with Crippen LogP contribution in [0.4, 0.5) is 11.8 Å². The molecule has 0 radical (unpaired) electrons. The summed E-state index contributed by atoms with van der Waals surface area (Å²) in [5.41, 5.74) is 8.33. The van der Waals surface area contributed by atoms with Gasteiger partial charge in [0.2, 0.25) is 5.95 Å².